The lowest BCUT2D eigenvalue weighted by atomic mass is 9.97. The second-order valence-electron chi connectivity index (χ2n) is 13.6. The van der Waals surface area contributed by atoms with Crippen molar-refractivity contribution >= 4 is 23.2 Å². The summed E-state index contributed by atoms with van der Waals surface area (Å²) in [5.41, 5.74) is 13.1. The number of nitrogen functional groups attached to an aromatic ring is 1. The topological polar surface area (TPSA) is 126 Å². The Morgan fingerprint density at radius 1 is 0.784 bits per heavy atom. The molecule has 2 amide bonds. The molecule has 2 heterocycles. The number of likely N-dealkylation sites (tertiary alicyclic amines) is 1. The first kappa shape index (κ1) is 36.3. The van der Waals surface area contributed by atoms with Gasteiger partial charge in [-0.1, -0.05) is 91.3 Å². The van der Waals surface area contributed by atoms with Gasteiger partial charge in [0.1, 0.15) is 0 Å². The van der Waals surface area contributed by atoms with Crippen molar-refractivity contribution < 1.29 is 24.2 Å². The van der Waals surface area contributed by atoms with Gasteiger partial charge in [-0.05, 0) is 78.7 Å². The summed E-state index contributed by atoms with van der Waals surface area (Å²) in [5.74, 6) is -0.153. The number of nitrogens with one attached hydrogen (secondary N) is 2. The van der Waals surface area contributed by atoms with Gasteiger partial charge in [-0.25, -0.2) is 0 Å². The summed E-state index contributed by atoms with van der Waals surface area (Å²) in [4.78, 5) is 27.5. The van der Waals surface area contributed by atoms with Crippen LogP contribution < -0.4 is 16.4 Å². The molecular formula is C42H50N4O5. The summed E-state index contributed by atoms with van der Waals surface area (Å²) in [7, 11) is 0. The zero-order chi connectivity index (χ0) is 35.4. The highest BCUT2D eigenvalue weighted by atomic mass is 16.7. The van der Waals surface area contributed by atoms with Gasteiger partial charge in [-0.2, -0.15) is 0 Å². The Balaban J connectivity index is 1.04. The Morgan fingerprint density at radius 3 is 2.22 bits per heavy atom. The van der Waals surface area contributed by atoms with E-state index in [4.69, 9.17) is 15.2 Å². The number of ether oxygens (including phenoxy) is 2. The fourth-order valence-electron chi connectivity index (χ4n) is 6.92. The van der Waals surface area contributed by atoms with Crippen LogP contribution in [0.2, 0.25) is 0 Å². The van der Waals surface area contributed by atoms with Crippen LogP contribution in [-0.4, -0.2) is 47.6 Å². The average molecular weight is 691 g/mol. The molecule has 6 rings (SSSR count). The molecule has 268 valence electrons. The number of hydrogen-bond donors (Lipinski definition) is 4. The molecule has 2 aliphatic rings. The molecule has 0 aliphatic carbocycles. The maximum atomic E-state index is 12.7. The molecule has 5 N–H and O–H groups in total. The maximum absolute atomic E-state index is 12.7. The normalized spacial score (nSPS) is 19.4. The Morgan fingerprint density at radius 2 is 1.47 bits per heavy atom. The zero-order valence-corrected chi connectivity index (χ0v) is 29.3. The third-order valence-corrected chi connectivity index (χ3v) is 9.81. The maximum Gasteiger partial charge on any atom is 0.224 e. The Labute approximate surface area is 301 Å². The SMILES string of the molecule is Nc1ccccc1NC(=O)CCCCC(=O)NCc1ccccc1-c1ccc(C2OC(CN3CCCCC3)CC(c3ccc(CO)cc3)O2)cc1. The minimum absolute atomic E-state index is 0.0188. The number of nitrogens with two attached hydrogens (primary N) is 1. The van der Waals surface area contributed by atoms with Crippen LogP contribution in [0.1, 0.15) is 86.0 Å². The van der Waals surface area contributed by atoms with E-state index in [1.54, 1.807) is 12.1 Å². The summed E-state index contributed by atoms with van der Waals surface area (Å²) in [6, 6.07) is 31.6. The molecule has 2 aliphatic heterocycles. The van der Waals surface area contributed by atoms with Crippen molar-refractivity contribution in [2.45, 2.75) is 83.0 Å². The van der Waals surface area contributed by atoms with Crippen molar-refractivity contribution in [3.05, 3.63) is 119 Å². The molecule has 9 heteroatoms. The minimum Gasteiger partial charge on any atom is -0.397 e. The van der Waals surface area contributed by atoms with Crippen molar-refractivity contribution in [2.24, 2.45) is 0 Å². The standard InChI is InChI=1S/C42H50N4O5/c43-37-12-4-5-13-38(37)45-41(49)15-7-6-14-40(48)44-27-34-10-2-3-11-36(34)31-20-22-33(23-21-31)42-50-35(28-46-24-8-1-9-25-46)26-39(51-42)32-18-16-30(29-47)17-19-32/h2-5,10-13,16-23,35,39,42,47H,1,6-9,14-15,24-29,43H2,(H,44,48)(H,45,49). The van der Waals surface area contributed by atoms with Crippen LogP contribution in [-0.2, 0) is 32.2 Å². The first-order valence-electron chi connectivity index (χ1n) is 18.3. The molecule has 0 radical (unpaired) electrons. The lowest BCUT2D eigenvalue weighted by molar-refractivity contribution is -0.253. The van der Waals surface area contributed by atoms with Gasteiger partial charge in [0, 0.05) is 37.9 Å². The number of aliphatic hydroxyl groups excluding tert-OH is 1. The molecule has 2 saturated heterocycles. The number of unbranched alkanes of at least 4 members (excludes halogenated alkanes) is 1. The monoisotopic (exact) mass is 690 g/mol. The van der Waals surface area contributed by atoms with E-state index in [-0.39, 0.29) is 30.6 Å². The number of carbonyl (C=O) groups is 2. The molecule has 51 heavy (non-hydrogen) atoms. The number of hydrogen-bond acceptors (Lipinski definition) is 7. The van der Waals surface area contributed by atoms with E-state index in [0.717, 1.165) is 59.4 Å². The van der Waals surface area contributed by atoms with Gasteiger partial charge in [-0.15, -0.1) is 0 Å². The summed E-state index contributed by atoms with van der Waals surface area (Å²) < 4.78 is 13.2. The fraction of sp³-hybridized carbons (Fsp3) is 0.381. The summed E-state index contributed by atoms with van der Waals surface area (Å²) in [5, 5.41) is 15.4. The third kappa shape index (κ3) is 10.3. The molecule has 3 unspecified atom stereocenters. The van der Waals surface area contributed by atoms with Crippen molar-refractivity contribution in [1.82, 2.24) is 10.2 Å². The number of piperidine rings is 1. The second-order valence-corrected chi connectivity index (χ2v) is 13.6. The Hall–Kier alpha value is -4.54. The van der Waals surface area contributed by atoms with Gasteiger partial charge in [0.2, 0.25) is 11.8 Å². The van der Waals surface area contributed by atoms with Gasteiger partial charge in [0.15, 0.2) is 6.29 Å². The van der Waals surface area contributed by atoms with E-state index in [9.17, 15) is 14.7 Å². The number of carbonyl (C=O) groups excluding carboxylic acids is 2. The first-order chi connectivity index (χ1) is 24.9. The van der Waals surface area contributed by atoms with Crippen LogP contribution in [0.15, 0.2) is 97.1 Å². The fourth-order valence-corrected chi connectivity index (χ4v) is 6.92. The number of benzene rings is 4. The zero-order valence-electron chi connectivity index (χ0n) is 29.3. The van der Waals surface area contributed by atoms with Crippen LogP contribution in [0, 0.1) is 0 Å². The smallest absolute Gasteiger partial charge is 0.224 e. The van der Waals surface area contributed by atoms with E-state index in [0.29, 0.717) is 43.6 Å². The largest absolute Gasteiger partial charge is 0.397 e. The first-order valence-corrected chi connectivity index (χ1v) is 18.3. The highest BCUT2D eigenvalue weighted by Crippen LogP contribution is 2.39. The molecule has 4 aromatic carbocycles. The number of para-hydroxylation sites is 2. The third-order valence-electron chi connectivity index (χ3n) is 9.81. The van der Waals surface area contributed by atoms with E-state index < -0.39 is 6.29 Å². The van der Waals surface area contributed by atoms with E-state index in [1.165, 1.54) is 19.3 Å². The van der Waals surface area contributed by atoms with Gasteiger partial charge in [-0.3, -0.25) is 9.59 Å². The molecule has 0 bridgehead atoms. The Kier molecular flexibility index (Phi) is 12.9. The predicted octanol–water partition coefficient (Wildman–Crippen LogP) is 7.27. The molecular weight excluding hydrogens is 640 g/mol. The highest BCUT2D eigenvalue weighted by Gasteiger charge is 2.33. The molecule has 0 aromatic heterocycles. The van der Waals surface area contributed by atoms with Gasteiger partial charge in [0.25, 0.3) is 0 Å². The van der Waals surface area contributed by atoms with Crippen molar-refractivity contribution in [2.75, 3.05) is 30.7 Å². The van der Waals surface area contributed by atoms with Crippen molar-refractivity contribution in [1.29, 1.82) is 0 Å². The lowest BCUT2D eigenvalue weighted by Crippen LogP contribution is -2.41. The number of aliphatic hydroxyl groups is 1. The number of anilines is 2. The molecule has 2 fully saturated rings. The van der Waals surface area contributed by atoms with E-state index in [1.807, 2.05) is 42.5 Å². The van der Waals surface area contributed by atoms with Gasteiger partial charge in [0.05, 0.1) is 30.2 Å². The lowest BCUT2D eigenvalue weighted by Gasteiger charge is -2.39. The summed E-state index contributed by atoms with van der Waals surface area (Å²) >= 11 is 0. The van der Waals surface area contributed by atoms with Crippen LogP contribution in [0.4, 0.5) is 11.4 Å². The number of amides is 2. The van der Waals surface area contributed by atoms with Crippen LogP contribution in [0.25, 0.3) is 11.1 Å². The van der Waals surface area contributed by atoms with Crippen LogP contribution in [0.3, 0.4) is 0 Å². The van der Waals surface area contributed by atoms with Gasteiger partial charge >= 0.3 is 0 Å². The molecule has 4 aromatic rings. The van der Waals surface area contributed by atoms with Crippen LogP contribution >= 0.6 is 0 Å². The molecule has 0 spiro atoms. The molecule has 3 atom stereocenters. The highest BCUT2D eigenvalue weighted by molar-refractivity contribution is 5.93. The Bertz CT molecular complexity index is 1720. The minimum atomic E-state index is -0.498. The van der Waals surface area contributed by atoms with Gasteiger partial charge < -0.3 is 35.8 Å². The average Bonchev–Trinajstić information content (AvgIpc) is 3.17. The molecule has 0 saturated carbocycles. The van der Waals surface area contributed by atoms with E-state index >= 15 is 0 Å². The quantitative estimate of drug-likeness (QED) is 0.0810. The van der Waals surface area contributed by atoms with Crippen LogP contribution in [0.5, 0.6) is 0 Å². The van der Waals surface area contributed by atoms with Crippen molar-refractivity contribution in [3.8, 4) is 11.1 Å². The summed E-state index contributed by atoms with van der Waals surface area (Å²) in [6.07, 6.45) is 5.88. The predicted molar refractivity (Wildman–Crippen MR) is 200 cm³/mol. The number of rotatable bonds is 14. The second kappa shape index (κ2) is 18.1. The molecule has 9 nitrogen and oxygen atoms in total. The van der Waals surface area contributed by atoms with E-state index in [2.05, 4.69) is 58.0 Å². The summed E-state index contributed by atoms with van der Waals surface area (Å²) in [6.45, 7) is 3.54. The van der Waals surface area contributed by atoms with Crippen molar-refractivity contribution in [3.63, 3.8) is 0 Å². The number of nitrogens with zero attached hydrogens (tertiary/aromatic N) is 1.